The van der Waals surface area contributed by atoms with Crippen LogP contribution >= 0.6 is 34.4 Å². The smallest absolute Gasteiger partial charge is 0.335 e. The molecule has 1 fully saturated rings. The number of carbonyl (C=O) groups is 4. The number of thioether (sulfide) groups is 1. The molecule has 1 aliphatic heterocycles. The van der Waals surface area contributed by atoms with E-state index in [2.05, 4.69) is 22.6 Å². The number of esters is 1. The SMILES string of the molecule is CCOC(=O)[C@@H](C)N1C(=O)S/C(=C/c2cc(I)c(OCc3cccc(C(=O)O)c3)c(OCC)c2)C1=O. The molecular formula is C25H24INO8S. The summed E-state index contributed by atoms with van der Waals surface area (Å²) in [6, 6.07) is 8.89. The molecule has 9 nitrogen and oxygen atoms in total. The van der Waals surface area contributed by atoms with Crippen molar-refractivity contribution in [3.05, 3.63) is 61.6 Å². The van der Waals surface area contributed by atoms with Crippen molar-refractivity contribution in [1.29, 1.82) is 0 Å². The number of aromatic carboxylic acids is 1. The van der Waals surface area contributed by atoms with E-state index in [-0.39, 0.29) is 23.7 Å². The highest BCUT2D eigenvalue weighted by Crippen LogP contribution is 2.38. The van der Waals surface area contributed by atoms with E-state index in [4.69, 9.17) is 14.2 Å². The Hall–Kier alpha value is -3.06. The van der Waals surface area contributed by atoms with Crippen LogP contribution in [0.15, 0.2) is 41.3 Å². The number of benzene rings is 2. The predicted molar refractivity (Wildman–Crippen MR) is 142 cm³/mol. The number of imide groups is 1. The van der Waals surface area contributed by atoms with Gasteiger partial charge in [0.05, 0.1) is 27.3 Å². The van der Waals surface area contributed by atoms with Gasteiger partial charge in [-0.2, -0.15) is 0 Å². The highest BCUT2D eigenvalue weighted by molar-refractivity contribution is 14.1. The van der Waals surface area contributed by atoms with Crippen molar-refractivity contribution < 1.29 is 38.5 Å². The Balaban J connectivity index is 1.85. The Labute approximate surface area is 225 Å². The number of amides is 2. The zero-order valence-electron chi connectivity index (χ0n) is 19.8. The fraction of sp³-hybridized carbons (Fsp3) is 0.280. The molecule has 2 amide bonds. The summed E-state index contributed by atoms with van der Waals surface area (Å²) in [5.41, 5.74) is 1.45. The van der Waals surface area contributed by atoms with E-state index in [1.807, 2.05) is 6.92 Å². The van der Waals surface area contributed by atoms with Gasteiger partial charge >= 0.3 is 11.9 Å². The number of hydrogen-bond acceptors (Lipinski definition) is 8. The molecule has 1 N–H and O–H groups in total. The van der Waals surface area contributed by atoms with Gasteiger partial charge in [-0.25, -0.2) is 9.59 Å². The topological polar surface area (TPSA) is 119 Å². The molecular weight excluding hydrogens is 601 g/mol. The molecule has 2 aromatic rings. The fourth-order valence-electron chi connectivity index (χ4n) is 3.36. The van der Waals surface area contributed by atoms with Gasteiger partial charge in [0.15, 0.2) is 11.5 Å². The Kier molecular flexibility index (Phi) is 9.37. The van der Waals surface area contributed by atoms with E-state index in [1.165, 1.54) is 19.1 Å². The van der Waals surface area contributed by atoms with Gasteiger partial charge in [-0.3, -0.25) is 14.5 Å². The molecule has 0 radical (unpaired) electrons. The minimum atomic E-state index is -1.03. The molecule has 190 valence electrons. The van der Waals surface area contributed by atoms with Gasteiger partial charge in [0.25, 0.3) is 11.1 Å². The zero-order chi connectivity index (χ0) is 26.4. The molecule has 1 heterocycles. The van der Waals surface area contributed by atoms with Gasteiger partial charge in [-0.1, -0.05) is 12.1 Å². The second kappa shape index (κ2) is 12.3. The first-order chi connectivity index (χ1) is 17.2. The van der Waals surface area contributed by atoms with E-state index >= 15 is 0 Å². The number of carbonyl (C=O) groups excluding carboxylic acids is 3. The van der Waals surface area contributed by atoms with Gasteiger partial charge in [0.1, 0.15) is 12.6 Å². The lowest BCUT2D eigenvalue weighted by Crippen LogP contribution is -2.42. The lowest BCUT2D eigenvalue weighted by Gasteiger charge is -2.19. The third-order valence-electron chi connectivity index (χ3n) is 5.03. The average molecular weight is 625 g/mol. The minimum Gasteiger partial charge on any atom is -0.490 e. The second-order valence-electron chi connectivity index (χ2n) is 7.54. The number of nitrogens with zero attached hydrogens (tertiary/aromatic N) is 1. The number of rotatable bonds is 10. The molecule has 2 aromatic carbocycles. The van der Waals surface area contributed by atoms with Crippen LogP contribution in [0.2, 0.25) is 0 Å². The highest BCUT2D eigenvalue weighted by Gasteiger charge is 2.41. The predicted octanol–water partition coefficient (Wildman–Crippen LogP) is 4.96. The molecule has 36 heavy (non-hydrogen) atoms. The molecule has 0 aliphatic carbocycles. The van der Waals surface area contributed by atoms with Gasteiger partial charge in [-0.15, -0.1) is 0 Å². The molecule has 1 saturated heterocycles. The Morgan fingerprint density at radius 1 is 1.14 bits per heavy atom. The highest BCUT2D eigenvalue weighted by atomic mass is 127. The Morgan fingerprint density at radius 2 is 1.89 bits per heavy atom. The maximum Gasteiger partial charge on any atom is 0.335 e. The van der Waals surface area contributed by atoms with Crippen LogP contribution in [0.25, 0.3) is 6.08 Å². The number of carboxylic acid groups (broad SMARTS) is 1. The summed E-state index contributed by atoms with van der Waals surface area (Å²) in [4.78, 5) is 49.7. The first-order valence-electron chi connectivity index (χ1n) is 11.0. The first kappa shape index (κ1) is 27.5. The Morgan fingerprint density at radius 3 is 2.56 bits per heavy atom. The third-order valence-corrected chi connectivity index (χ3v) is 6.71. The summed E-state index contributed by atoms with van der Waals surface area (Å²) >= 11 is 2.83. The van der Waals surface area contributed by atoms with E-state index < -0.39 is 29.1 Å². The zero-order valence-corrected chi connectivity index (χ0v) is 22.8. The van der Waals surface area contributed by atoms with Crippen LogP contribution in [-0.4, -0.2) is 52.3 Å². The number of halogens is 1. The van der Waals surface area contributed by atoms with Crippen molar-refractivity contribution in [2.24, 2.45) is 0 Å². The van der Waals surface area contributed by atoms with Crippen molar-refractivity contribution in [3.63, 3.8) is 0 Å². The van der Waals surface area contributed by atoms with Gasteiger partial charge in [-0.05, 0) is 96.6 Å². The standard InChI is InChI=1S/C25H24INO8S/c1-4-33-19-11-16(12-20-22(28)27(25(32)36-20)14(3)24(31)34-5-2)10-18(26)21(19)35-13-15-7-6-8-17(9-15)23(29)30/h6-12,14H,4-5,13H2,1-3H3,(H,29,30)/b20-12+/t14-/m1/s1. The van der Waals surface area contributed by atoms with Crippen LogP contribution in [0.3, 0.4) is 0 Å². The summed E-state index contributed by atoms with van der Waals surface area (Å²) in [6.45, 7) is 5.55. The fourth-order valence-corrected chi connectivity index (χ4v) is 5.05. The van der Waals surface area contributed by atoms with Gasteiger partial charge in [0, 0.05) is 0 Å². The largest absolute Gasteiger partial charge is 0.490 e. The van der Waals surface area contributed by atoms with Crippen LogP contribution in [0.5, 0.6) is 11.5 Å². The first-order valence-corrected chi connectivity index (χ1v) is 12.9. The molecule has 11 heteroatoms. The summed E-state index contributed by atoms with van der Waals surface area (Å²) in [5, 5.41) is 8.65. The summed E-state index contributed by atoms with van der Waals surface area (Å²) in [6.07, 6.45) is 1.56. The van der Waals surface area contributed by atoms with Gasteiger partial charge < -0.3 is 19.3 Å². The Bertz CT molecular complexity index is 1230. The maximum absolute atomic E-state index is 12.9. The quantitative estimate of drug-likeness (QED) is 0.222. The third kappa shape index (κ3) is 6.38. The van der Waals surface area contributed by atoms with Crippen molar-refractivity contribution in [1.82, 2.24) is 4.90 Å². The van der Waals surface area contributed by atoms with Crippen LogP contribution in [0, 0.1) is 3.57 Å². The van der Waals surface area contributed by atoms with E-state index in [0.29, 0.717) is 32.8 Å². The molecule has 0 bridgehead atoms. The number of carboxylic acids is 1. The summed E-state index contributed by atoms with van der Waals surface area (Å²) in [7, 11) is 0. The molecule has 0 unspecified atom stereocenters. The van der Waals surface area contributed by atoms with Gasteiger partial charge in [0.2, 0.25) is 0 Å². The van der Waals surface area contributed by atoms with E-state index in [0.717, 1.165) is 16.7 Å². The van der Waals surface area contributed by atoms with Crippen molar-refractivity contribution in [2.75, 3.05) is 13.2 Å². The molecule has 1 aliphatic rings. The molecule has 0 saturated carbocycles. The maximum atomic E-state index is 12.9. The molecule has 0 spiro atoms. The normalized spacial score (nSPS) is 15.2. The average Bonchev–Trinajstić information content (AvgIpc) is 3.11. The monoisotopic (exact) mass is 625 g/mol. The minimum absolute atomic E-state index is 0.126. The summed E-state index contributed by atoms with van der Waals surface area (Å²) in [5.74, 6) is -1.34. The van der Waals surface area contributed by atoms with E-state index in [1.54, 1.807) is 37.3 Å². The number of ether oxygens (including phenoxy) is 3. The van der Waals surface area contributed by atoms with Crippen molar-refractivity contribution in [3.8, 4) is 11.5 Å². The van der Waals surface area contributed by atoms with Crippen LogP contribution in [0.4, 0.5) is 4.79 Å². The van der Waals surface area contributed by atoms with Crippen LogP contribution in [0.1, 0.15) is 42.3 Å². The molecule has 1 atom stereocenters. The molecule has 3 rings (SSSR count). The van der Waals surface area contributed by atoms with E-state index in [9.17, 15) is 24.3 Å². The van der Waals surface area contributed by atoms with Crippen molar-refractivity contribution >= 4 is 63.5 Å². The lowest BCUT2D eigenvalue weighted by atomic mass is 10.1. The van der Waals surface area contributed by atoms with Crippen molar-refractivity contribution in [2.45, 2.75) is 33.4 Å². The molecule has 0 aromatic heterocycles. The summed E-state index contributed by atoms with van der Waals surface area (Å²) < 4.78 is 17.4. The van der Waals surface area contributed by atoms with Crippen LogP contribution in [-0.2, 0) is 20.9 Å². The second-order valence-corrected chi connectivity index (χ2v) is 9.69. The lowest BCUT2D eigenvalue weighted by molar-refractivity contribution is -0.150. The number of hydrogen-bond donors (Lipinski definition) is 1. The van der Waals surface area contributed by atoms with Crippen LogP contribution < -0.4 is 9.47 Å².